The molecule has 1 fully saturated rings. The van der Waals surface area contributed by atoms with Crippen LogP contribution in [0.2, 0.25) is 0 Å². The van der Waals surface area contributed by atoms with Crippen molar-refractivity contribution in [3.05, 3.63) is 89.5 Å². The molecule has 37 heavy (non-hydrogen) atoms. The Labute approximate surface area is 216 Å². The van der Waals surface area contributed by atoms with Crippen LogP contribution < -0.4 is 19.1 Å². The van der Waals surface area contributed by atoms with E-state index < -0.39 is 17.7 Å². The van der Waals surface area contributed by atoms with E-state index in [0.29, 0.717) is 47.3 Å². The van der Waals surface area contributed by atoms with Gasteiger partial charge in [0, 0.05) is 17.3 Å². The van der Waals surface area contributed by atoms with Crippen molar-refractivity contribution in [3.63, 3.8) is 0 Å². The summed E-state index contributed by atoms with van der Waals surface area (Å²) in [4.78, 5) is 28.3. The zero-order valence-electron chi connectivity index (χ0n) is 21.4. The van der Waals surface area contributed by atoms with Crippen molar-refractivity contribution in [3.8, 4) is 17.2 Å². The minimum atomic E-state index is -0.860. The van der Waals surface area contributed by atoms with Crippen LogP contribution in [0, 0.1) is 0 Å². The lowest BCUT2D eigenvalue weighted by Crippen LogP contribution is -2.29. The van der Waals surface area contributed by atoms with Crippen molar-refractivity contribution in [2.45, 2.75) is 39.8 Å². The molecule has 1 saturated heterocycles. The second-order valence-electron chi connectivity index (χ2n) is 8.80. The van der Waals surface area contributed by atoms with Gasteiger partial charge in [0.2, 0.25) is 0 Å². The first kappa shape index (κ1) is 25.8. The molecule has 0 spiro atoms. The highest BCUT2D eigenvalue weighted by Gasteiger charge is 2.47. The van der Waals surface area contributed by atoms with Crippen molar-refractivity contribution in [2.24, 2.45) is 0 Å². The van der Waals surface area contributed by atoms with Crippen LogP contribution >= 0.6 is 0 Å². The molecule has 0 radical (unpaired) electrons. The minimum absolute atomic E-state index is 0.00186. The fourth-order valence-electron chi connectivity index (χ4n) is 4.36. The Morgan fingerprint density at radius 2 is 1.49 bits per heavy atom. The number of Topliss-reactive ketones (excluding diaryl/α,β-unsaturated/α-hetero) is 1. The first-order valence-corrected chi connectivity index (χ1v) is 12.4. The van der Waals surface area contributed by atoms with Gasteiger partial charge in [-0.15, -0.1) is 0 Å². The maximum atomic E-state index is 13.4. The van der Waals surface area contributed by atoms with E-state index in [9.17, 15) is 14.7 Å². The van der Waals surface area contributed by atoms with Gasteiger partial charge < -0.3 is 19.3 Å². The van der Waals surface area contributed by atoms with Crippen molar-refractivity contribution in [2.75, 3.05) is 18.1 Å². The van der Waals surface area contributed by atoms with Crippen LogP contribution in [-0.4, -0.2) is 36.1 Å². The molecule has 1 amide bonds. The van der Waals surface area contributed by atoms with Gasteiger partial charge in [-0.05, 0) is 69.7 Å². The van der Waals surface area contributed by atoms with E-state index in [-0.39, 0.29) is 17.4 Å². The van der Waals surface area contributed by atoms with Crippen molar-refractivity contribution in [1.82, 2.24) is 0 Å². The minimum Gasteiger partial charge on any atom is -0.507 e. The van der Waals surface area contributed by atoms with E-state index >= 15 is 0 Å². The van der Waals surface area contributed by atoms with Gasteiger partial charge in [-0.25, -0.2) is 0 Å². The average molecular weight is 502 g/mol. The number of carbonyl (C=O) groups excluding carboxylic acids is 2. The van der Waals surface area contributed by atoms with Crippen LogP contribution in [0.15, 0.2) is 78.4 Å². The van der Waals surface area contributed by atoms with E-state index in [2.05, 4.69) is 0 Å². The summed E-state index contributed by atoms with van der Waals surface area (Å²) in [6.45, 7) is 8.51. The van der Waals surface area contributed by atoms with Crippen LogP contribution in [0.5, 0.6) is 17.2 Å². The van der Waals surface area contributed by atoms with Crippen LogP contribution in [-0.2, 0) is 9.59 Å². The quantitative estimate of drug-likeness (QED) is 0.223. The molecule has 3 aromatic rings. The Bertz CT molecular complexity index is 1310. The predicted octanol–water partition coefficient (Wildman–Crippen LogP) is 5.90. The summed E-state index contributed by atoms with van der Waals surface area (Å²) >= 11 is 0. The van der Waals surface area contributed by atoms with Gasteiger partial charge in [0.15, 0.2) is 0 Å². The summed E-state index contributed by atoms with van der Waals surface area (Å²) in [6, 6.07) is 20.2. The molecule has 1 atom stereocenters. The third-order valence-corrected chi connectivity index (χ3v) is 5.84. The molecule has 0 saturated carbocycles. The fourth-order valence-corrected chi connectivity index (χ4v) is 4.36. The smallest absolute Gasteiger partial charge is 0.300 e. The average Bonchev–Trinajstić information content (AvgIpc) is 3.15. The number of amides is 1. The standard InChI is InChI=1S/C30H31NO6/c1-5-35-24-11-7-9-21(17-24)28(32)26-27(20-13-15-23(16-14-20)37-19(3)4)31(30(34)29(26)33)22-10-8-12-25(18-22)36-6-2/h7-19,27,32H,5-6H2,1-4H3/b28-26+. The zero-order valence-corrected chi connectivity index (χ0v) is 21.4. The molecule has 1 N–H and O–H groups in total. The van der Waals surface area contributed by atoms with Crippen LogP contribution in [0.1, 0.15) is 44.9 Å². The summed E-state index contributed by atoms with van der Waals surface area (Å²) in [5.74, 6) is 0.0225. The van der Waals surface area contributed by atoms with Crippen LogP contribution in [0.25, 0.3) is 5.76 Å². The Morgan fingerprint density at radius 1 is 0.865 bits per heavy atom. The number of carbonyl (C=O) groups is 2. The molecule has 3 aromatic carbocycles. The predicted molar refractivity (Wildman–Crippen MR) is 142 cm³/mol. The normalized spacial score (nSPS) is 16.8. The summed E-state index contributed by atoms with van der Waals surface area (Å²) in [5, 5.41) is 11.4. The lowest BCUT2D eigenvalue weighted by atomic mass is 9.95. The van der Waals surface area contributed by atoms with E-state index in [1.165, 1.54) is 4.90 Å². The highest BCUT2D eigenvalue weighted by Crippen LogP contribution is 2.43. The number of hydrogen-bond donors (Lipinski definition) is 1. The van der Waals surface area contributed by atoms with Gasteiger partial charge in [0.1, 0.15) is 23.0 Å². The molecule has 7 heteroatoms. The first-order valence-electron chi connectivity index (χ1n) is 12.4. The molecule has 0 aliphatic carbocycles. The number of aliphatic hydroxyl groups is 1. The van der Waals surface area contributed by atoms with Gasteiger partial charge in [-0.2, -0.15) is 0 Å². The van der Waals surface area contributed by atoms with Crippen molar-refractivity contribution in [1.29, 1.82) is 0 Å². The second kappa shape index (κ2) is 11.2. The van der Waals surface area contributed by atoms with E-state index in [1.807, 2.05) is 27.7 Å². The highest BCUT2D eigenvalue weighted by molar-refractivity contribution is 6.51. The van der Waals surface area contributed by atoms with Crippen LogP contribution in [0.3, 0.4) is 0 Å². The van der Waals surface area contributed by atoms with Crippen molar-refractivity contribution < 1.29 is 28.9 Å². The number of anilines is 1. The molecule has 0 bridgehead atoms. The number of ketones is 1. The number of hydrogen-bond acceptors (Lipinski definition) is 6. The molecule has 1 heterocycles. The Balaban J connectivity index is 1.88. The molecule has 0 aromatic heterocycles. The van der Waals surface area contributed by atoms with E-state index in [1.54, 1.807) is 72.8 Å². The zero-order chi connectivity index (χ0) is 26.5. The number of ether oxygens (including phenoxy) is 3. The maximum Gasteiger partial charge on any atom is 0.300 e. The van der Waals surface area contributed by atoms with E-state index in [4.69, 9.17) is 14.2 Å². The Morgan fingerprint density at radius 3 is 2.11 bits per heavy atom. The monoisotopic (exact) mass is 501 g/mol. The molecule has 1 aliphatic heterocycles. The van der Waals surface area contributed by atoms with Gasteiger partial charge in [-0.1, -0.05) is 30.3 Å². The third kappa shape index (κ3) is 5.45. The Kier molecular flexibility index (Phi) is 7.82. The van der Waals surface area contributed by atoms with Gasteiger partial charge in [-0.3, -0.25) is 14.5 Å². The van der Waals surface area contributed by atoms with Gasteiger partial charge in [0.25, 0.3) is 11.7 Å². The summed E-state index contributed by atoms with van der Waals surface area (Å²) in [6.07, 6.45) is -0.00425. The SMILES string of the molecule is CCOc1cccc(/C(O)=C2\C(=O)C(=O)N(c3cccc(OCC)c3)C2c2ccc(OC(C)C)cc2)c1. The largest absolute Gasteiger partial charge is 0.507 e. The molecule has 4 rings (SSSR count). The summed E-state index contributed by atoms with van der Waals surface area (Å²) in [5.41, 5.74) is 1.53. The molecule has 7 nitrogen and oxygen atoms in total. The number of aliphatic hydroxyl groups excluding tert-OH is 1. The van der Waals surface area contributed by atoms with Gasteiger partial charge >= 0.3 is 0 Å². The molecular weight excluding hydrogens is 470 g/mol. The molecule has 1 unspecified atom stereocenters. The van der Waals surface area contributed by atoms with Gasteiger partial charge in [0.05, 0.1) is 30.9 Å². The molecule has 1 aliphatic rings. The lowest BCUT2D eigenvalue weighted by Gasteiger charge is -2.26. The molecule has 192 valence electrons. The number of nitrogens with zero attached hydrogens (tertiary/aromatic N) is 1. The summed E-state index contributed by atoms with van der Waals surface area (Å²) in [7, 11) is 0. The van der Waals surface area contributed by atoms with Crippen LogP contribution in [0.4, 0.5) is 5.69 Å². The summed E-state index contributed by atoms with van der Waals surface area (Å²) < 4.78 is 17.0. The fraction of sp³-hybridized carbons (Fsp3) is 0.267. The highest BCUT2D eigenvalue weighted by atomic mass is 16.5. The number of rotatable bonds is 9. The van der Waals surface area contributed by atoms with Crippen molar-refractivity contribution >= 4 is 23.1 Å². The second-order valence-corrected chi connectivity index (χ2v) is 8.80. The number of benzene rings is 3. The Hall–Kier alpha value is -4.26. The third-order valence-electron chi connectivity index (χ3n) is 5.84. The first-order chi connectivity index (χ1) is 17.8. The van der Waals surface area contributed by atoms with E-state index in [0.717, 1.165) is 0 Å². The molecular formula is C30H31NO6. The maximum absolute atomic E-state index is 13.4. The lowest BCUT2D eigenvalue weighted by molar-refractivity contribution is -0.132. The topological polar surface area (TPSA) is 85.3 Å².